The van der Waals surface area contributed by atoms with Crippen molar-refractivity contribution < 1.29 is 14.4 Å². The molecule has 1 aliphatic heterocycles. The predicted octanol–water partition coefficient (Wildman–Crippen LogP) is 3.27. The fourth-order valence-corrected chi connectivity index (χ4v) is 3.85. The van der Waals surface area contributed by atoms with Gasteiger partial charge in [-0.15, -0.1) is 11.3 Å². The minimum Gasteiger partial charge on any atom is -0.387 e. The van der Waals surface area contributed by atoms with E-state index < -0.39 is 6.10 Å². The van der Waals surface area contributed by atoms with Gasteiger partial charge in [0.15, 0.2) is 5.69 Å². The molecule has 1 amide bonds. The van der Waals surface area contributed by atoms with E-state index >= 15 is 0 Å². The van der Waals surface area contributed by atoms with Gasteiger partial charge in [-0.25, -0.2) is 0 Å². The first-order valence-electron chi connectivity index (χ1n) is 8.15. The number of piperidine rings is 1. The van der Waals surface area contributed by atoms with Crippen molar-refractivity contribution in [2.45, 2.75) is 38.7 Å². The number of likely N-dealkylation sites (tertiary alicyclic amines) is 1. The van der Waals surface area contributed by atoms with E-state index in [1.807, 2.05) is 22.4 Å². The van der Waals surface area contributed by atoms with Crippen molar-refractivity contribution in [3.63, 3.8) is 0 Å². The molecule has 0 unspecified atom stereocenters. The maximum Gasteiger partial charge on any atom is 0.276 e. The van der Waals surface area contributed by atoms with Crippen LogP contribution in [0.1, 0.15) is 53.4 Å². The van der Waals surface area contributed by atoms with Crippen molar-refractivity contribution in [1.29, 1.82) is 0 Å². The lowest BCUT2D eigenvalue weighted by Gasteiger charge is -2.33. The van der Waals surface area contributed by atoms with E-state index in [-0.39, 0.29) is 11.8 Å². The SMILES string of the molecule is CCCc1cc(C(=O)N2CCC([C@@H](O)c3cccs3)CC2)no1. The van der Waals surface area contributed by atoms with Crippen LogP contribution in [-0.2, 0) is 6.42 Å². The highest BCUT2D eigenvalue weighted by atomic mass is 32.1. The van der Waals surface area contributed by atoms with Crippen LogP contribution in [0.3, 0.4) is 0 Å². The number of carbonyl (C=O) groups excluding carboxylic acids is 1. The van der Waals surface area contributed by atoms with Gasteiger partial charge >= 0.3 is 0 Å². The number of rotatable bonds is 5. The predicted molar refractivity (Wildman–Crippen MR) is 88.4 cm³/mol. The molecule has 0 aliphatic carbocycles. The minimum atomic E-state index is -0.421. The highest BCUT2D eigenvalue weighted by molar-refractivity contribution is 7.10. The summed E-state index contributed by atoms with van der Waals surface area (Å²) in [6.45, 7) is 3.37. The quantitative estimate of drug-likeness (QED) is 0.911. The Hall–Kier alpha value is -1.66. The van der Waals surface area contributed by atoms with E-state index in [1.54, 1.807) is 17.4 Å². The number of aliphatic hydroxyl groups excluding tert-OH is 1. The first kappa shape index (κ1) is 16.2. The van der Waals surface area contributed by atoms with Crippen LogP contribution in [0.15, 0.2) is 28.1 Å². The Morgan fingerprint density at radius 3 is 2.96 bits per heavy atom. The Bertz CT molecular complexity index is 630. The number of amides is 1. The van der Waals surface area contributed by atoms with E-state index in [0.29, 0.717) is 18.8 Å². The largest absolute Gasteiger partial charge is 0.387 e. The van der Waals surface area contributed by atoms with Crippen LogP contribution >= 0.6 is 11.3 Å². The smallest absolute Gasteiger partial charge is 0.276 e. The number of thiophene rings is 1. The summed E-state index contributed by atoms with van der Waals surface area (Å²) in [7, 11) is 0. The molecule has 3 rings (SSSR count). The monoisotopic (exact) mass is 334 g/mol. The molecule has 0 saturated carbocycles. The summed E-state index contributed by atoms with van der Waals surface area (Å²) in [6.07, 6.45) is 2.97. The number of hydrogen-bond acceptors (Lipinski definition) is 5. The Balaban J connectivity index is 1.56. The van der Waals surface area contributed by atoms with Gasteiger partial charge in [-0.1, -0.05) is 18.1 Å². The lowest BCUT2D eigenvalue weighted by molar-refractivity contribution is 0.0467. The summed E-state index contributed by atoms with van der Waals surface area (Å²) in [5.74, 6) is 0.907. The zero-order chi connectivity index (χ0) is 16.2. The van der Waals surface area contributed by atoms with Crippen LogP contribution in [0, 0.1) is 5.92 Å². The highest BCUT2D eigenvalue weighted by Gasteiger charge is 2.30. The van der Waals surface area contributed by atoms with Crippen molar-refractivity contribution >= 4 is 17.2 Å². The molecule has 0 bridgehead atoms. The molecule has 0 aromatic carbocycles. The molecule has 23 heavy (non-hydrogen) atoms. The molecular weight excluding hydrogens is 312 g/mol. The number of hydrogen-bond donors (Lipinski definition) is 1. The van der Waals surface area contributed by atoms with Crippen LogP contribution in [0.25, 0.3) is 0 Å². The molecule has 1 atom stereocenters. The van der Waals surface area contributed by atoms with Crippen LogP contribution in [0.4, 0.5) is 0 Å². The van der Waals surface area contributed by atoms with E-state index in [4.69, 9.17) is 4.52 Å². The Kier molecular flexibility index (Phi) is 5.13. The molecule has 3 heterocycles. The van der Waals surface area contributed by atoms with Gasteiger partial charge < -0.3 is 14.5 Å². The Morgan fingerprint density at radius 1 is 1.52 bits per heavy atom. The average molecular weight is 334 g/mol. The molecule has 1 saturated heterocycles. The molecule has 0 spiro atoms. The second-order valence-corrected chi connectivity index (χ2v) is 7.00. The van der Waals surface area contributed by atoms with Gasteiger partial charge in [-0.3, -0.25) is 4.79 Å². The number of aromatic nitrogens is 1. The molecule has 2 aromatic heterocycles. The second kappa shape index (κ2) is 7.27. The highest BCUT2D eigenvalue weighted by Crippen LogP contribution is 2.33. The van der Waals surface area contributed by atoms with Gasteiger partial charge in [0.2, 0.25) is 0 Å². The number of carbonyl (C=O) groups is 1. The molecule has 2 aromatic rings. The van der Waals surface area contributed by atoms with Crippen LogP contribution in [0.5, 0.6) is 0 Å². The van der Waals surface area contributed by atoms with Crippen LogP contribution in [-0.4, -0.2) is 34.2 Å². The maximum atomic E-state index is 12.5. The second-order valence-electron chi connectivity index (χ2n) is 6.02. The van der Waals surface area contributed by atoms with Gasteiger partial charge in [-0.05, 0) is 36.6 Å². The standard InChI is InChI=1S/C17H22N2O3S/c1-2-4-13-11-14(18-22-13)17(21)19-8-6-12(7-9-19)16(20)15-5-3-10-23-15/h3,5,10-12,16,20H,2,4,6-9H2,1H3/t16-/m1/s1. The van der Waals surface area contributed by atoms with Crippen molar-refractivity contribution in [2.24, 2.45) is 5.92 Å². The summed E-state index contributed by atoms with van der Waals surface area (Å²) in [4.78, 5) is 15.3. The Morgan fingerprint density at radius 2 is 2.30 bits per heavy atom. The third kappa shape index (κ3) is 3.64. The fraction of sp³-hybridized carbons (Fsp3) is 0.529. The topological polar surface area (TPSA) is 66.6 Å². The van der Waals surface area contributed by atoms with Gasteiger partial charge in [-0.2, -0.15) is 0 Å². The first-order chi connectivity index (χ1) is 11.2. The van der Waals surface area contributed by atoms with Crippen molar-refractivity contribution in [1.82, 2.24) is 10.1 Å². The lowest BCUT2D eigenvalue weighted by Crippen LogP contribution is -2.39. The van der Waals surface area contributed by atoms with E-state index in [2.05, 4.69) is 12.1 Å². The molecule has 1 fully saturated rings. The number of nitrogens with zero attached hydrogens (tertiary/aromatic N) is 2. The number of aryl methyl sites for hydroxylation is 1. The molecule has 124 valence electrons. The van der Waals surface area contributed by atoms with Gasteiger partial charge in [0.05, 0.1) is 6.10 Å². The molecule has 5 nitrogen and oxygen atoms in total. The fourth-order valence-electron chi connectivity index (χ4n) is 3.05. The maximum absolute atomic E-state index is 12.5. The zero-order valence-electron chi connectivity index (χ0n) is 13.3. The van der Waals surface area contributed by atoms with E-state index in [9.17, 15) is 9.90 Å². The molecule has 6 heteroatoms. The number of aliphatic hydroxyl groups is 1. The molecule has 1 N–H and O–H groups in total. The van der Waals surface area contributed by atoms with Crippen LogP contribution in [0.2, 0.25) is 0 Å². The average Bonchev–Trinajstić information content (AvgIpc) is 3.26. The summed E-state index contributed by atoms with van der Waals surface area (Å²) in [5, 5.41) is 16.3. The van der Waals surface area contributed by atoms with Crippen molar-refractivity contribution in [3.05, 3.63) is 39.9 Å². The van der Waals surface area contributed by atoms with E-state index in [1.165, 1.54) is 0 Å². The third-order valence-corrected chi connectivity index (χ3v) is 5.33. The summed E-state index contributed by atoms with van der Waals surface area (Å²) < 4.78 is 5.19. The zero-order valence-corrected chi connectivity index (χ0v) is 14.1. The third-order valence-electron chi connectivity index (χ3n) is 4.38. The molecule has 0 radical (unpaired) electrons. The molecular formula is C17H22N2O3S. The normalized spacial score (nSPS) is 17.4. The summed E-state index contributed by atoms with van der Waals surface area (Å²) in [6, 6.07) is 5.68. The van der Waals surface area contributed by atoms with Gasteiger partial charge in [0.1, 0.15) is 5.76 Å². The van der Waals surface area contributed by atoms with Crippen molar-refractivity contribution in [3.8, 4) is 0 Å². The summed E-state index contributed by atoms with van der Waals surface area (Å²) >= 11 is 1.58. The van der Waals surface area contributed by atoms with Crippen LogP contribution < -0.4 is 0 Å². The summed E-state index contributed by atoms with van der Waals surface area (Å²) in [5.41, 5.74) is 0.394. The van der Waals surface area contributed by atoms with Gasteiger partial charge in [0, 0.05) is 30.5 Å². The molecule has 1 aliphatic rings. The Labute approximate surface area is 139 Å². The minimum absolute atomic E-state index is 0.0693. The van der Waals surface area contributed by atoms with E-state index in [0.717, 1.165) is 36.3 Å². The lowest BCUT2D eigenvalue weighted by atomic mass is 9.90. The van der Waals surface area contributed by atoms with Gasteiger partial charge in [0.25, 0.3) is 5.91 Å². The first-order valence-corrected chi connectivity index (χ1v) is 9.03. The van der Waals surface area contributed by atoms with Crippen molar-refractivity contribution in [2.75, 3.05) is 13.1 Å².